The standard InChI is InChI=1S/C15H12ClNS/c16-13-6-2-3-7-14(13)17-9-11-10-18-15-8-4-1-5-12(11)15/h1-8,10,17H,9H2. The second kappa shape index (κ2) is 5.01. The van der Waals surface area contributed by atoms with Gasteiger partial charge in [0.1, 0.15) is 0 Å². The zero-order chi connectivity index (χ0) is 12.4. The summed E-state index contributed by atoms with van der Waals surface area (Å²) in [7, 11) is 0. The number of halogens is 1. The van der Waals surface area contributed by atoms with E-state index in [2.05, 4.69) is 35.0 Å². The molecule has 0 atom stereocenters. The lowest BCUT2D eigenvalue weighted by Gasteiger charge is -2.07. The number of hydrogen-bond donors (Lipinski definition) is 1. The summed E-state index contributed by atoms with van der Waals surface area (Å²) in [4.78, 5) is 0. The molecule has 0 aliphatic carbocycles. The third-order valence-electron chi connectivity index (χ3n) is 2.90. The van der Waals surface area contributed by atoms with Crippen LogP contribution < -0.4 is 5.32 Å². The molecule has 18 heavy (non-hydrogen) atoms. The van der Waals surface area contributed by atoms with Crippen molar-refractivity contribution in [2.75, 3.05) is 5.32 Å². The Kier molecular flexibility index (Phi) is 3.22. The summed E-state index contributed by atoms with van der Waals surface area (Å²) in [5.41, 5.74) is 2.30. The molecular weight excluding hydrogens is 262 g/mol. The lowest BCUT2D eigenvalue weighted by atomic mass is 10.2. The first-order chi connectivity index (χ1) is 8.84. The highest BCUT2D eigenvalue weighted by atomic mass is 35.5. The Balaban J connectivity index is 1.83. The van der Waals surface area contributed by atoms with Crippen LogP contribution in [0.1, 0.15) is 5.56 Å². The Labute approximate surface area is 115 Å². The Morgan fingerprint density at radius 2 is 1.78 bits per heavy atom. The third kappa shape index (κ3) is 2.22. The average molecular weight is 274 g/mol. The molecule has 1 nitrogen and oxygen atoms in total. The lowest BCUT2D eigenvalue weighted by Crippen LogP contribution is -1.98. The molecule has 3 aromatic rings. The Morgan fingerprint density at radius 3 is 2.67 bits per heavy atom. The average Bonchev–Trinajstić information content (AvgIpc) is 2.81. The minimum atomic E-state index is 0.761. The first-order valence-electron chi connectivity index (χ1n) is 5.78. The van der Waals surface area contributed by atoms with Gasteiger partial charge in [-0.15, -0.1) is 11.3 Å². The molecule has 1 N–H and O–H groups in total. The molecule has 2 aromatic carbocycles. The molecule has 0 spiro atoms. The van der Waals surface area contributed by atoms with Crippen LogP contribution in [0.4, 0.5) is 5.69 Å². The highest BCUT2D eigenvalue weighted by Crippen LogP contribution is 2.27. The fourth-order valence-corrected chi connectivity index (χ4v) is 3.13. The van der Waals surface area contributed by atoms with Crippen molar-refractivity contribution in [1.82, 2.24) is 0 Å². The molecule has 0 saturated heterocycles. The summed E-state index contributed by atoms with van der Waals surface area (Å²) in [5, 5.41) is 7.67. The smallest absolute Gasteiger partial charge is 0.0637 e. The van der Waals surface area contributed by atoms with Gasteiger partial charge in [-0.2, -0.15) is 0 Å². The van der Waals surface area contributed by atoms with Crippen molar-refractivity contribution in [3.8, 4) is 0 Å². The van der Waals surface area contributed by atoms with Gasteiger partial charge in [-0.25, -0.2) is 0 Å². The van der Waals surface area contributed by atoms with Crippen LogP contribution in [0.3, 0.4) is 0 Å². The molecule has 0 fully saturated rings. The summed E-state index contributed by atoms with van der Waals surface area (Å²) in [6.07, 6.45) is 0. The first-order valence-corrected chi connectivity index (χ1v) is 7.04. The van der Waals surface area contributed by atoms with Crippen molar-refractivity contribution in [2.45, 2.75) is 6.54 Å². The molecular formula is C15H12ClNS. The monoisotopic (exact) mass is 273 g/mol. The van der Waals surface area contributed by atoms with E-state index in [1.165, 1.54) is 15.6 Å². The van der Waals surface area contributed by atoms with E-state index in [4.69, 9.17) is 11.6 Å². The van der Waals surface area contributed by atoms with Gasteiger partial charge in [0.05, 0.1) is 10.7 Å². The topological polar surface area (TPSA) is 12.0 Å². The molecule has 0 saturated carbocycles. The molecule has 0 bridgehead atoms. The van der Waals surface area contributed by atoms with E-state index in [1.807, 2.05) is 24.3 Å². The lowest BCUT2D eigenvalue weighted by molar-refractivity contribution is 1.18. The van der Waals surface area contributed by atoms with Crippen LogP contribution in [0.5, 0.6) is 0 Å². The maximum absolute atomic E-state index is 6.12. The molecule has 1 aromatic heterocycles. The number of rotatable bonds is 3. The van der Waals surface area contributed by atoms with Crippen molar-refractivity contribution in [3.05, 3.63) is 64.5 Å². The third-order valence-corrected chi connectivity index (χ3v) is 4.25. The zero-order valence-electron chi connectivity index (χ0n) is 9.69. The number of hydrogen-bond acceptors (Lipinski definition) is 2. The van der Waals surface area contributed by atoms with Crippen LogP contribution in [-0.4, -0.2) is 0 Å². The second-order valence-corrected chi connectivity index (χ2v) is 5.41. The molecule has 3 rings (SSSR count). The van der Waals surface area contributed by atoms with Crippen LogP contribution in [0.15, 0.2) is 53.9 Å². The Bertz CT molecular complexity index is 675. The van der Waals surface area contributed by atoms with E-state index < -0.39 is 0 Å². The van der Waals surface area contributed by atoms with E-state index in [0.717, 1.165) is 17.3 Å². The minimum absolute atomic E-state index is 0.761. The summed E-state index contributed by atoms with van der Waals surface area (Å²) in [5.74, 6) is 0. The van der Waals surface area contributed by atoms with Gasteiger partial charge in [-0.05, 0) is 34.5 Å². The zero-order valence-corrected chi connectivity index (χ0v) is 11.3. The quantitative estimate of drug-likeness (QED) is 0.694. The number of thiophene rings is 1. The highest BCUT2D eigenvalue weighted by Gasteiger charge is 2.04. The first kappa shape index (κ1) is 11.6. The van der Waals surface area contributed by atoms with Gasteiger partial charge in [-0.3, -0.25) is 0 Å². The van der Waals surface area contributed by atoms with Gasteiger partial charge in [-0.1, -0.05) is 41.9 Å². The van der Waals surface area contributed by atoms with Crippen molar-refractivity contribution < 1.29 is 0 Å². The summed E-state index contributed by atoms with van der Waals surface area (Å²) >= 11 is 7.90. The van der Waals surface area contributed by atoms with Gasteiger partial charge in [0, 0.05) is 11.2 Å². The maximum atomic E-state index is 6.12. The van der Waals surface area contributed by atoms with Gasteiger partial charge in [0.15, 0.2) is 0 Å². The van der Waals surface area contributed by atoms with E-state index in [9.17, 15) is 0 Å². The second-order valence-electron chi connectivity index (χ2n) is 4.09. The van der Waals surface area contributed by atoms with Crippen molar-refractivity contribution in [3.63, 3.8) is 0 Å². The summed E-state index contributed by atoms with van der Waals surface area (Å²) < 4.78 is 1.33. The van der Waals surface area contributed by atoms with E-state index >= 15 is 0 Å². The van der Waals surface area contributed by atoms with Crippen LogP contribution in [0, 0.1) is 0 Å². The molecule has 0 radical (unpaired) electrons. The summed E-state index contributed by atoms with van der Waals surface area (Å²) in [6.45, 7) is 0.799. The van der Waals surface area contributed by atoms with Gasteiger partial charge in [0.25, 0.3) is 0 Å². The molecule has 1 heterocycles. The largest absolute Gasteiger partial charge is 0.380 e. The number of para-hydroxylation sites is 1. The van der Waals surface area contributed by atoms with Gasteiger partial charge >= 0.3 is 0 Å². The van der Waals surface area contributed by atoms with Crippen molar-refractivity contribution >= 4 is 38.7 Å². The predicted octanol–water partition coefficient (Wildman–Crippen LogP) is 5.17. The SMILES string of the molecule is Clc1ccccc1NCc1csc2ccccc12. The van der Waals surface area contributed by atoms with Gasteiger partial charge < -0.3 is 5.32 Å². The normalized spacial score (nSPS) is 10.7. The van der Waals surface area contributed by atoms with E-state index in [1.54, 1.807) is 11.3 Å². The fraction of sp³-hybridized carbons (Fsp3) is 0.0667. The van der Waals surface area contributed by atoms with Crippen molar-refractivity contribution in [1.29, 1.82) is 0 Å². The minimum Gasteiger partial charge on any atom is -0.380 e. The van der Waals surface area contributed by atoms with Crippen LogP contribution >= 0.6 is 22.9 Å². The number of fused-ring (bicyclic) bond motifs is 1. The van der Waals surface area contributed by atoms with E-state index in [-0.39, 0.29) is 0 Å². The molecule has 0 unspecified atom stereocenters. The molecule has 0 amide bonds. The van der Waals surface area contributed by atoms with E-state index in [0.29, 0.717) is 0 Å². The van der Waals surface area contributed by atoms with Crippen LogP contribution in [0.25, 0.3) is 10.1 Å². The number of nitrogens with one attached hydrogen (secondary N) is 1. The Morgan fingerprint density at radius 1 is 1.00 bits per heavy atom. The molecule has 3 heteroatoms. The summed E-state index contributed by atoms with van der Waals surface area (Å²) in [6, 6.07) is 16.3. The predicted molar refractivity (Wildman–Crippen MR) is 80.6 cm³/mol. The number of benzene rings is 2. The van der Waals surface area contributed by atoms with Crippen LogP contribution in [-0.2, 0) is 6.54 Å². The maximum Gasteiger partial charge on any atom is 0.0637 e. The van der Waals surface area contributed by atoms with Crippen molar-refractivity contribution in [2.24, 2.45) is 0 Å². The molecule has 90 valence electrons. The Hall–Kier alpha value is -1.51. The fourth-order valence-electron chi connectivity index (χ4n) is 1.96. The van der Waals surface area contributed by atoms with Crippen LogP contribution in [0.2, 0.25) is 5.02 Å². The molecule has 0 aliphatic heterocycles. The highest BCUT2D eigenvalue weighted by molar-refractivity contribution is 7.17. The van der Waals surface area contributed by atoms with Gasteiger partial charge in [0.2, 0.25) is 0 Å². The number of anilines is 1. The molecule has 0 aliphatic rings.